The largest absolute Gasteiger partial charge is 0.339 e. The van der Waals surface area contributed by atoms with Gasteiger partial charge in [0, 0.05) is 63.3 Å². The summed E-state index contributed by atoms with van der Waals surface area (Å²) in [7, 11) is 0. The SMILES string of the molecule is O=C(CN1CCCCC1=O)N1CCN(Cc2cc(=O)n3ccsc3n2)CC1. The molecule has 4 heterocycles. The van der Waals surface area contributed by atoms with Gasteiger partial charge in [0.05, 0.1) is 12.2 Å². The number of thiazole rings is 1. The highest BCUT2D eigenvalue weighted by atomic mass is 32.1. The van der Waals surface area contributed by atoms with Crippen LogP contribution in [0.3, 0.4) is 0 Å². The molecule has 0 radical (unpaired) electrons. The maximum atomic E-state index is 12.5. The number of hydrogen-bond donors (Lipinski definition) is 0. The number of fused-ring (bicyclic) bond motifs is 1. The number of rotatable bonds is 4. The van der Waals surface area contributed by atoms with Crippen LogP contribution < -0.4 is 5.56 Å². The first kappa shape index (κ1) is 18.1. The van der Waals surface area contributed by atoms with Crippen molar-refractivity contribution >= 4 is 28.1 Å². The van der Waals surface area contributed by atoms with Crippen LogP contribution in [-0.4, -0.2) is 75.2 Å². The summed E-state index contributed by atoms with van der Waals surface area (Å²) in [6, 6.07) is 1.58. The molecule has 2 amide bonds. The average molecular weight is 389 g/mol. The van der Waals surface area contributed by atoms with Gasteiger partial charge >= 0.3 is 0 Å². The van der Waals surface area contributed by atoms with Gasteiger partial charge in [0.2, 0.25) is 11.8 Å². The second-order valence-electron chi connectivity index (χ2n) is 7.07. The zero-order valence-electron chi connectivity index (χ0n) is 15.2. The molecule has 2 aliphatic heterocycles. The van der Waals surface area contributed by atoms with E-state index in [4.69, 9.17) is 0 Å². The lowest BCUT2D eigenvalue weighted by Crippen LogP contribution is -2.52. The molecule has 0 atom stereocenters. The molecule has 0 saturated carbocycles. The van der Waals surface area contributed by atoms with Crippen LogP contribution in [-0.2, 0) is 16.1 Å². The predicted molar refractivity (Wildman–Crippen MR) is 102 cm³/mol. The van der Waals surface area contributed by atoms with Gasteiger partial charge in [-0.05, 0) is 12.8 Å². The molecule has 2 saturated heterocycles. The van der Waals surface area contributed by atoms with E-state index in [0.29, 0.717) is 37.6 Å². The van der Waals surface area contributed by atoms with Gasteiger partial charge in [0.1, 0.15) is 0 Å². The van der Waals surface area contributed by atoms with Crippen LogP contribution in [0.5, 0.6) is 0 Å². The average Bonchev–Trinajstić information content (AvgIpc) is 3.13. The Morgan fingerprint density at radius 1 is 1.11 bits per heavy atom. The third kappa shape index (κ3) is 4.03. The fourth-order valence-corrected chi connectivity index (χ4v) is 4.38. The standard InChI is InChI=1S/C18H23N5O3S/c24-15-3-1-2-4-22(15)13-17(26)21-7-5-20(6-8-21)12-14-11-16(25)23-9-10-27-18(23)19-14/h9-11H,1-8,12-13H2. The highest BCUT2D eigenvalue weighted by Crippen LogP contribution is 2.13. The summed E-state index contributed by atoms with van der Waals surface area (Å²) in [5.41, 5.74) is 0.706. The number of carbonyl (C=O) groups excluding carboxylic acids is 2. The van der Waals surface area contributed by atoms with Crippen LogP contribution in [0.15, 0.2) is 22.4 Å². The lowest BCUT2D eigenvalue weighted by Gasteiger charge is -2.36. The molecule has 2 aliphatic rings. The normalized spacial score (nSPS) is 19.0. The molecule has 0 N–H and O–H groups in total. The molecular formula is C18H23N5O3S. The molecule has 2 fully saturated rings. The Bertz CT molecular complexity index is 900. The molecule has 2 aromatic rings. The minimum atomic E-state index is -0.0590. The zero-order chi connectivity index (χ0) is 18.8. The Hall–Kier alpha value is -2.26. The smallest absolute Gasteiger partial charge is 0.258 e. The van der Waals surface area contributed by atoms with Gasteiger partial charge in [-0.2, -0.15) is 0 Å². The van der Waals surface area contributed by atoms with Crippen molar-refractivity contribution in [1.29, 1.82) is 0 Å². The molecule has 4 rings (SSSR count). The van der Waals surface area contributed by atoms with Gasteiger partial charge < -0.3 is 9.80 Å². The van der Waals surface area contributed by atoms with Crippen LogP contribution in [0.25, 0.3) is 4.96 Å². The van der Waals surface area contributed by atoms with Crippen LogP contribution in [0, 0.1) is 0 Å². The van der Waals surface area contributed by atoms with Crippen molar-refractivity contribution in [2.24, 2.45) is 0 Å². The number of hydrogen-bond acceptors (Lipinski definition) is 6. The van der Waals surface area contributed by atoms with E-state index in [2.05, 4.69) is 9.88 Å². The number of carbonyl (C=O) groups is 2. The first-order chi connectivity index (χ1) is 13.1. The topological polar surface area (TPSA) is 78.2 Å². The summed E-state index contributed by atoms with van der Waals surface area (Å²) in [5.74, 6) is 0.121. The fraction of sp³-hybridized carbons (Fsp3) is 0.556. The van der Waals surface area contributed by atoms with E-state index in [1.807, 2.05) is 10.3 Å². The second-order valence-corrected chi connectivity index (χ2v) is 7.94. The first-order valence-electron chi connectivity index (χ1n) is 9.34. The third-order valence-corrected chi connectivity index (χ3v) is 5.97. The minimum absolute atomic E-state index is 0.0290. The van der Waals surface area contributed by atoms with E-state index in [0.717, 1.165) is 31.6 Å². The van der Waals surface area contributed by atoms with Crippen molar-refractivity contribution in [3.05, 3.63) is 33.7 Å². The molecule has 0 unspecified atom stereocenters. The van der Waals surface area contributed by atoms with Gasteiger partial charge in [-0.3, -0.25) is 23.7 Å². The molecule has 2 aromatic heterocycles. The van der Waals surface area contributed by atoms with Gasteiger partial charge in [0.25, 0.3) is 5.56 Å². The minimum Gasteiger partial charge on any atom is -0.339 e. The molecule has 0 aromatic carbocycles. The Balaban J connectivity index is 1.31. The quantitative estimate of drug-likeness (QED) is 0.757. The van der Waals surface area contributed by atoms with E-state index < -0.39 is 0 Å². The highest BCUT2D eigenvalue weighted by molar-refractivity contribution is 7.15. The van der Waals surface area contributed by atoms with Crippen LogP contribution in [0.4, 0.5) is 0 Å². The van der Waals surface area contributed by atoms with Crippen LogP contribution >= 0.6 is 11.3 Å². The van der Waals surface area contributed by atoms with Crippen molar-refractivity contribution in [1.82, 2.24) is 24.1 Å². The van der Waals surface area contributed by atoms with Crippen molar-refractivity contribution in [2.75, 3.05) is 39.3 Å². The van der Waals surface area contributed by atoms with E-state index in [1.54, 1.807) is 21.6 Å². The van der Waals surface area contributed by atoms with Gasteiger partial charge in [-0.1, -0.05) is 0 Å². The Kier molecular flexibility index (Phi) is 5.22. The molecule has 144 valence electrons. The van der Waals surface area contributed by atoms with E-state index in [-0.39, 0.29) is 23.9 Å². The molecule has 0 bridgehead atoms. The second kappa shape index (κ2) is 7.77. The van der Waals surface area contributed by atoms with Gasteiger partial charge in [-0.25, -0.2) is 4.98 Å². The molecule has 8 nitrogen and oxygen atoms in total. The molecule has 0 spiro atoms. The van der Waals surface area contributed by atoms with Crippen molar-refractivity contribution < 1.29 is 9.59 Å². The third-order valence-electron chi connectivity index (χ3n) is 5.21. The molecule has 27 heavy (non-hydrogen) atoms. The number of amides is 2. The maximum absolute atomic E-state index is 12.5. The number of nitrogens with zero attached hydrogens (tertiary/aromatic N) is 5. The number of likely N-dealkylation sites (tertiary alicyclic amines) is 1. The maximum Gasteiger partial charge on any atom is 0.258 e. The first-order valence-corrected chi connectivity index (χ1v) is 10.2. The van der Waals surface area contributed by atoms with Crippen molar-refractivity contribution in [3.8, 4) is 0 Å². The Morgan fingerprint density at radius 2 is 1.93 bits per heavy atom. The van der Waals surface area contributed by atoms with Crippen LogP contribution in [0.2, 0.25) is 0 Å². The van der Waals surface area contributed by atoms with Crippen molar-refractivity contribution in [2.45, 2.75) is 25.8 Å². The summed E-state index contributed by atoms with van der Waals surface area (Å²) >= 11 is 1.45. The number of piperazine rings is 1. The van der Waals surface area contributed by atoms with E-state index in [1.165, 1.54) is 11.3 Å². The fourth-order valence-electron chi connectivity index (χ4n) is 3.65. The lowest BCUT2D eigenvalue weighted by atomic mass is 10.1. The zero-order valence-corrected chi connectivity index (χ0v) is 16.0. The van der Waals surface area contributed by atoms with Gasteiger partial charge in [-0.15, -0.1) is 11.3 Å². The Labute approximate surface area is 161 Å². The molecular weight excluding hydrogens is 366 g/mol. The summed E-state index contributed by atoms with van der Waals surface area (Å²) < 4.78 is 1.55. The van der Waals surface area contributed by atoms with Crippen molar-refractivity contribution in [3.63, 3.8) is 0 Å². The Morgan fingerprint density at radius 3 is 2.70 bits per heavy atom. The van der Waals surface area contributed by atoms with E-state index in [9.17, 15) is 14.4 Å². The highest BCUT2D eigenvalue weighted by Gasteiger charge is 2.26. The summed E-state index contributed by atoms with van der Waals surface area (Å²) in [6.45, 7) is 4.26. The lowest BCUT2D eigenvalue weighted by molar-refractivity contribution is -0.142. The summed E-state index contributed by atoms with van der Waals surface area (Å²) in [4.78, 5) is 47.4. The molecule has 9 heteroatoms. The van der Waals surface area contributed by atoms with E-state index >= 15 is 0 Å². The summed E-state index contributed by atoms with van der Waals surface area (Å²) in [5, 5.41) is 1.85. The number of piperidine rings is 1. The number of aromatic nitrogens is 2. The summed E-state index contributed by atoms with van der Waals surface area (Å²) in [6.07, 6.45) is 4.20. The monoisotopic (exact) mass is 389 g/mol. The predicted octanol–water partition coefficient (Wildman–Crippen LogP) is 0.413. The van der Waals surface area contributed by atoms with Crippen LogP contribution in [0.1, 0.15) is 25.0 Å². The molecule has 0 aliphatic carbocycles. The van der Waals surface area contributed by atoms with Gasteiger partial charge in [0.15, 0.2) is 4.96 Å².